The van der Waals surface area contributed by atoms with Crippen LogP contribution in [0.4, 0.5) is 0 Å². The lowest BCUT2D eigenvalue weighted by Crippen LogP contribution is -2.40. The molecule has 23 heavy (non-hydrogen) atoms. The normalized spacial score (nSPS) is 12.1. The Morgan fingerprint density at radius 3 is 2.13 bits per heavy atom. The predicted octanol–water partition coefficient (Wildman–Crippen LogP) is 2.52. The highest BCUT2D eigenvalue weighted by Gasteiger charge is 2.21. The zero-order chi connectivity index (χ0) is 17.3. The second-order valence-corrected chi connectivity index (χ2v) is 7.80. The standard InChI is InChI=1S/C16H18N2O4S/c1-16(2,3)18-23(21,22)13-7-4-11(5-8-13)14-9-6-12(10-17-14)15(19)20/h4-10,18H,1-3H3,(H,19,20). The zero-order valence-corrected chi connectivity index (χ0v) is 13.9. The van der Waals surface area contributed by atoms with E-state index in [0.29, 0.717) is 11.3 Å². The second-order valence-electron chi connectivity index (χ2n) is 6.12. The van der Waals surface area contributed by atoms with Crippen molar-refractivity contribution in [2.24, 2.45) is 0 Å². The molecule has 0 fully saturated rings. The smallest absolute Gasteiger partial charge is 0.337 e. The van der Waals surface area contributed by atoms with E-state index in [2.05, 4.69) is 9.71 Å². The molecule has 2 rings (SSSR count). The number of hydrogen-bond acceptors (Lipinski definition) is 4. The number of aromatic nitrogens is 1. The molecular formula is C16H18N2O4S. The molecule has 1 aromatic carbocycles. The van der Waals surface area contributed by atoms with Crippen molar-refractivity contribution in [3.8, 4) is 11.3 Å². The Labute approximate surface area is 135 Å². The first-order valence-electron chi connectivity index (χ1n) is 6.92. The number of hydrogen-bond donors (Lipinski definition) is 2. The van der Waals surface area contributed by atoms with Crippen LogP contribution in [-0.4, -0.2) is 30.0 Å². The van der Waals surface area contributed by atoms with E-state index in [1.54, 1.807) is 39.0 Å². The van der Waals surface area contributed by atoms with Gasteiger partial charge in [0.25, 0.3) is 0 Å². The molecular weight excluding hydrogens is 316 g/mol. The highest BCUT2D eigenvalue weighted by molar-refractivity contribution is 7.89. The van der Waals surface area contributed by atoms with Gasteiger partial charge in [-0.15, -0.1) is 0 Å². The summed E-state index contributed by atoms with van der Waals surface area (Å²) in [6.07, 6.45) is 1.27. The summed E-state index contributed by atoms with van der Waals surface area (Å²) in [6.45, 7) is 5.31. The SMILES string of the molecule is CC(C)(C)NS(=O)(=O)c1ccc(-c2ccc(C(=O)O)cn2)cc1. The minimum absolute atomic E-state index is 0.0994. The lowest BCUT2D eigenvalue weighted by Gasteiger charge is -2.20. The van der Waals surface area contributed by atoms with Crippen LogP contribution in [0.3, 0.4) is 0 Å². The number of pyridine rings is 1. The molecule has 0 aliphatic rings. The van der Waals surface area contributed by atoms with Gasteiger partial charge in [0.2, 0.25) is 10.0 Å². The third-order valence-electron chi connectivity index (χ3n) is 2.91. The molecule has 0 amide bonds. The van der Waals surface area contributed by atoms with Gasteiger partial charge in [-0.2, -0.15) is 0 Å². The summed E-state index contributed by atoms with van der Waals surface area (Å²) in [4.78, 5) is 15.0. The largest absolute Gasteiger partial charge is 0.478 e. The van der Waals surface area contributed by atoms with Gasteiger partial charge in [-0.1, -0.05) is 12.1 Å². The minimum Gasteiger partial charge on any atom is -0.478 e. The molecule has 2 N–H and O–H groups in total. The van der Waals surface area contributed by atoms with Crippen molar-refractivity contribution >= 4 is 16.0 Å². The summed E-state index contributed by atoms with van der Waals surface area (Å²) in [5.74, 6) is -1.04. The Morgan fingerprint density at radius 2 is 1.70 bits per heavy atom. The van der Waals surface area contributed by atoms with Crippen molar-refractivity contribution < 1.29 is 18.3 Å². The van der Waals surface area contributed by atoms with Crippen LogP contribution in [0.1, 0.15) is 31.1 Å². The Morgan fingerprint density at radius 1 is 1.09 bits per heavy atom. The molecule has 122 valence electrons. The second kappa shape index (κ2) is 6.10. The molecule has 0 saturated carbocycles. The van der Waals surface area contributed by atoms with E-state index in [9.17, 15) is 13.2 Å². The summed E-state index contributed by atoms with van der Waals surface area (Å²) >= 11 is 0. The third kappa shape index (κ3) is 4.37. The Balaban J connectivity index is 2.27. The quantitative estimate of drug-likeness (QED) is 0.895. The maximum Gasteiger partial charge on any atom is 0.337 e. The van der Waals surface area contributed by atoms with Crippen molar-refractivity contribution in [3.05, 3.63) is 48.2 Å². The first-order valence-corrected chi connectivity index (χ1v) is 8.41. The van der Waals surface area contributed by atoms with E-state index < -0.39 is 21.5 Å². The van der Waals surface area contributed by atoms with Crippen LogP contribution in [0, 0.1) is 0 Å². The van der Waals surface area contributed by atoms with Crippen LogP contribution in [0.2, 0.25) is 0 Å². The first kappa shape index (κ1) is 17.1. The number of carboxylic acid groups (broad SMARTS) is 1. The number of carboxylic acids is 1. The molecule has 7 heteroatoms. The molecule has 0 aliphatic carbocycles. The molecule has 1 heterocycles. The van der Waals surface area contributed by atoms with E-state index in [1.807, 2.05) is 0 Å². The molecule has 0 spiro atoms. The van der Waals surface area contributed by atoms with Crippen LogP contribution in [0.25, 0.3) is 11.3 Å². The molecule has 0 radical (unpaired) electrons. The van der Waals surface area contributed by atoms with Crippen molar-refractivity contribution in [2.45, 2.75) is 31.2 Å². The predicted molar refractivity (Wildman–Crippen MR) is 86.7 cm³/mol. The van der Waals surface area contributed by atoms with Crippen LogP contribution in [-0.2, 0) is 10.0 Å². The Kier molecular flexibility index (Phi) is 4.53. The molecule has 0 unspecified atom stereocenters. The van der Waals surface area contributed by atoms with E-state index in [1.165, 1.54) is 24.4 Å². The van der Waals surface area contributed by atoms with Crippen molar-refractivity contribution in [3.63, 3.8) is 0 Å². The van der Waals surface area contributed by atoms with E-state index in [-0.39, 0.29) is 10.5 Å². The average molecular weight is 334 g/mol. The topological polar surface area (TPSA) is 96.4 Å². The number of nitrogens with one attached hydrogen (secondary N) is 1. The van der Waals surface area contributed by atoms with Crippen molar-refractivity contribution in [2.75, 3.05) is 0 Å². The Bertz CT molecular complexity index is 805. The van der Waals surface area contributed by atoms with Gasteiger partial charge in [-0.25, -0.2) is 17.9 Å². The van der Waals surface area contributed by atoms with Crippen molar-refractivity contribution in [1.29, 1.82) is 0 Å². The molecule has 0 saturated heterocycles. The molecule has 0 aliphatic heterocycles. The maximum absolute atomic E-state index is 12.2. The summed E-state index contributed by atoms with van der Waals surface area (Å²) < 4.78 is 27.0. The fraction of sp³-hybridized carbons (Fsp3) is 0.250. The Hall–Kier alpha value is -2.25. The molecule has 2 aromatic rings. The van der Waals surface area contributed by atoms with E-state index in [4.69, 9.17) is 5.11 Å². The van der Waals surface area contributed by atoms with E-state index >= 15 is 0 Å². The lowest BCUT2D eigenvalue weighted by atomic mass is 10.1. The number of sulfonamides is 1. The van der Waals surface area contributed by atoms with E-state index in [0.717, 1.165) is 0 Å². The lowest BCUT2D eigenvalue weighted by molar-refractivity contribution is 0.0696. The summed E-state index contributed by atoms with van der Waals surface area (Å²) in [6, 6.07) is 9.31. The van der Waals surface area contributed by atoms with Gasteiger partial charge in [-0.05, 0) is 45.0 Å². The summed E-state index contributed by atoms with van der Waals surface area (Å²) in [7, 11) is -3.58. The number of rotatable bonds is 4. The van der Waals surface area contributed by atoms with Gasteiger partial charge in [0.15, 0.2) is 0 Å². The van der Waals surface area contributed by atoms with Crippen LogP contribution < -0.4 is 4.72 Å². The highest BCUT2D eigenvalue weighted by Crippen LogP contribution is 2.20. The monoisotopic (exact) mass is 334 g/mol. The van der Waals surface area contributed by atoms with Crippen molar-refractivity contribution in [1.82, 2.24) is 9.71 Å². The summed E-state index contributed by atoms with van der Waals surface area (Å²) in [5, 5.41) is 8.85. The van der Waals surface area contributed by atoms with Gasteiger partial charge in [0.05, 0.1) is 16.2 Å². The fourth-order valence-electron chi connectivity index (χ4n) is 1.96. The van der Waals surface area contributed by atoms with Crippen LogP contribution >= 0.6 is 0 Å². The summed E-state index contributed by atoms with van der Waals surface area (Å²) in [5.41, 5.74) is 0.813. The molecule has 0 atom stereocenters. The van der Waals surface area contributed by atoms with Gasteiger partial charge >= 0.3 is 5.97 Å². The number of nitrogens with zero attached hydrogens (tertiary/aromatic N) is 1. The van der Waals surface area contributed by atoms with Crippen LogP contribution in [0.15, 0.2) is 47.5 Å². The molecule has 0 bridgehead atoms. The van der Waals surface area contributed by atoms with Gasteiger partial charge < -0.3 is 5.11 Å². The van der Waals surface area contributed by atoms with Gasteiger partial charge in [-0.3, -0.25) is 4.98 Å². The molecule has 6 nitrogen and oxygen atoms in total. The third-order valence-corrected chi connectivity index (χ3v) is 4.69. The fourth-order valence-corrected chi connectivity index (χ4v) is 3.38. The van der Waals surface area contributed by atoms with Crippen LogP contribution in [0.5, 0.6) is 0 Å². The number of aromatic carboxylic acids is 1. The van der Waals surface area contributed by atoms with Gasteiger partial charge in [0, 0.05) is 17.3 Å². The number of benzene rings is 1. The maximum atomic E-state index is 12.2. The van der Waals surface area contributed by atoms with Gasteiger partial charge in [0.1, 0.15) is 0 Å². The first-order chi connectivity index (χ1) is 10.6. The highest BCUT2D eigenvalue weighted by atomic mass is 32.2. The average Bonchev–Trinajstić information content (AvgIpc) is 2.45. The minimum atomic E-state index is -3.58. The number of carbonyl (C=O) groups is 1. The molecule has 1 aromatic heterocycles. The zero-order valence-electron chi connectivity index (χ0n) is 13.1.